The van der Waals surface area contributed by atoms with Gasteiger partial charge >= 0.3 is 0 Å². The number of hydrogen-bond acceptors (Lipinski definition) is 3. The number of aliphatic hydroxyl groups is 1. The summed E-state index contributed by atoms with van der Waals surface area (Å²) in [7, 11) is 0. The second kappa shape index (κ2) is 4.64. The van der Waals surface area contributed by atoms with Gasteiger partial charge in [-0.3, -0.25) is 0 Å². The highest BCUT2D eigenvalue weighted by molar-refractivity contribution is 5.02. The van der Waals surface area contributed by atoms with Gasteiger partial charge in [0, 0.05) is 17.9 Å². The Kier molecular flexibility index (Phi) is 3.44. The molecule has 2 fully saturated rings. The molecular weight excluding hydrogens is 190 g/mol. The first-order valence-electron chi connectivity index (χ1n) is 5.88. The predicted octanol–water partition coefficient (Wildman–Crippen LogP) is 0.936. The van der Waals surface area contributed by atoms with Gasteiger partial charge in [-0.2, -0.15) is 0 Å². The molecule has 0 spiro atoms. The zero-order chi connectivity index (χ0) is 10.8. The normalized spacial score (nSPS) is 37.9. The molecule has 0 aromatic rings. The first kappa shape index (κ1) is 11.1. The number of fused-ring (bicyclic) bond motifs is 1. The number of piperidine rings is 1. The van der Waals surface area contributed by atoms with E-state index in [0.29, 0.717) is 18.1 Å². The number of nitrogens with one attached hydrogen (secondary N) is 1. The fourth-order valence-electron chi connectivity index (χ4n) is 2.45. The van der Waals surface area contributed by atoms with Gasteiger partial charge in [0.05, 0.1) is 18.8 Å². The van der Waals surface area contributed by atoms with E-state index in [1.807, 2.05) is 6.92 Å². The van der Waals surface area contributed by atoms with Gasteiger partial charge in [-0.05, 0) is 26.3 Å². The SMILES string of the molecule is C=CC(CO)C(C)OC1CCNC2CC21. The Hall–Kier alpha value is -0.380. The molecule has 5 atom stereocenters. The van der Waals surface area contributed by atoms with Gasteiger partial charge in [-0.15, -0.1) is 6.58 Å². The molecule has 1 saturated carbocycles. The second-order valence-electron chi connectivity index (χ2n) is 4.71. The topological polar surface area (TPSA) is 41.5 Å². The summed E-state index contributed by atoms with van der Waals surface area (Å²) in [5.41, 5.74) is 0. The van der Waals surface area contributed by atoms with Crippen molar-refractivity contribution in [3.05, 3.63) is 12.7 Å². The zero-order valence-electron chi connectivity index (χ0n) is 9.36. The summed E-state index contributed by atoms with van der Waals surface area (Å²) in [5, 5.41) is 12.6. The van der Waals surface area contributed by atoms with Crippen molar-refractivity contribution in [3.8, 4) is 0 Å². The maximum atomic E-state index is 9.14. The summed E-state index contributed by atoms with van der Waals surface area (Å²) >= 11 is 0. The van der Waals surface area contributed by atoms with E-state index >= 15 is 0 Å². The standard InChI is InChI=1S/C12H21NO2/c1-3-9(7-14)8(2)15-12-4-5-13-11-6-10(11)12/h3,8-14H,1,4-7H2,2H3. The number of rotatable bonds is 5. The highest BCUT2D eigenvalue weighted by Crippen LogP contribution is 2.40. The second-order valence-corrected chi connectivity index (χ2v) is 4.71. The molecule has 15 heavy (non-hydrogen) atoms. The van der Waals surface area contributed by atoms with Gasteiger partial charge < -0.3 is 15.2 Å². The molecule has 5 unspecified atom stereocenters. The maximum Gasteiger partial charge on any atom is 0.0635 e. The Morgan fingerprint density at radius 2 is 2.47 bits per heavy atom. The molecular formula is C12H21NO2. The van der Waals surface area contributed by atoms with Crippen molar-refractivity contribution in [3.63, 3.8) is 0 Å². The Labute approximate surface area is 91.5 Å². The quantitative estimate of drug-likeness (QED) is 0.665. The average Bonchev–Trinajstić information content (AvgIpc) is 2.99. The molecule has 1 aliphatic heterocycles. The molecule has 2 N–H and O–H groups in total. The van der Waals surface area contributed by atoms with Crippen LogP contribution in [0.25, 0.3) is 0 Å². The van der Waals surface area contributed by atoms with Crippen LogP contribution in [0.4, 0.5) is 0 Å². The van der Waals surface area contributed by atoms with Crippen LogP contribution in [0.5, 0.6) is 0 Å². The molecule has 2 rings (SSSR count). The molecule has 1 saturated heterocycles. The van der Waals surface area contributed by atoms with Gasteiger partial charge in [-0.25, -0.2) is 0 Å². The number of hydrogen-bond donors (Lipinski definition) is 2. The summed E-state index contributed by atoms with van der Waals surface area (Å²) in [6.07, 6.45) is 4.61. The van der Waals surface area contributed by atoms with Crippen LogP contribution < -0.4 is 5.32 Å². The summed E-state index contributed by atoms with van der Waals surface area (Å²) in [5.74, 6) is 0.780. The van der Waals surface area contributed by atoms with Gasteiger partial charge in [0.2, 0.25) is 0 Å². The summed E-state index contributed by atoms with van der Waals surface area (Å²) in [4.78, 5) is 0. The van der Waals surface area contributed by atoms with Crippen LogP contribution in [0.15, 0.2) is 12.7 Å². The fourth-order valence-corrected chi connectivity index (χ4v) is 2.45. The third-order valence-corrected chi connectivity index (χ3v) is 3.66. The van der Waals surface area contributed by atoms with Crippen molar-refractivity contribution in [1.29, 1.82) is 0 Å². The minimum absolute atomic E-state index is 0.0667. The molecule has 1 heterocycles. The Bertz CT molecular complexity index is 232. The Morgan fingerprint density at radius 3 is 3.13 bits per heavy atom. The van der Waals surface area contributed by atoms with Crippen molar-refractivity contribution >= 4 is 0 Å². The number of ether oxygens (including phenoxy) is 1. The van der Waals surface area contributed by atoms with Crippen LogP contribution in [0, 0.1) is 11.8 Å². The van der Waals surface area contributed by atoms with E-state index in [0.717, 1.165) is 13.0 Å². The van der Waals surface area contributed by atoms with Crippen molar-refractivity contribution in [2.24, 2.45) is 11.8 Å². The van der Waals surface area contributed by atoms with Crippen molar-refractivity contribution in [2.45, 2.75) is 38.0 Å². The molecule has 3 heteroatoms. The molecule has 2 aliphatic rings. The molecule has 1 aliphatic carbocycles. The van der Waals surface area contributed by atoms with Crippen molar-refractivity contribution in [2.75, 3.05) is 13.2 Å². The highest BCUT2D eigenvalue weighted by atomic mass is 16.5. The largest absolute Gasteiger partial charge is 0.396 e. The molecule has 0 radical (unpaired) electrons. The monoisotopic (exact) mass is 211 g/mol. The fraction of sp³-hybridized carbons (Fsp3) is 0.833. The molecule has 0 aromatic carbocycles. The van der Waals surface area contributed by atoms with Crippen LogP contribution >= 0.6 is 0 Å². The van der Waals surface area contributed by atoms with Gasteiger partial charge in [0.1, 0.15) is 0 Å². The third-order valence-electron chi connectivity index (χ3n) is 3.66. The van der Waals surface area contributed by atoms with E-state index in [1.165, 1.54) is 6.42 Å². The Morgan fingerprint density at radius 1 is 1.67 bits per heavy atom. The van der Waals surface area contributed by atoms with E-state index in [-0.39, 0.29) is 18.6 Å². The Balaban J connectivity index is 1.82. The van der Waals surface area contributed by atoms with E-state index in [2.05, 4.69) is 11.9 Å². The van der Waals surface area contributed by atoms with Crippen LogP contribution in [0.1, 0.15) is 19.8 Å². The van der Waals surface area contributed by atoms with Crippen molar-refractivity contribution in [1.82, 2.24) is 5.32 Å². The lowest BCUT2D eigenvalue weighted by molar-refractivity contribution is -0.0517. The number of aliphatic hydroxyl groups excluding tert-OH is 1. The van der Waals surface area contributed by atoms with Crippen molar-refractivity contribution < 1.29 is 9.84 Å². The summed E-state index contributed by atoms with van der Waals surface area (Å²) in [6.45, 7) is 6.95. The minimum atomic E-state index is 0.0667. The van der Waals surface area contributed by atoms with Crippen LogP contribution in [-0.4, -0.2) is 36.5 Å². The van der Waals surface area contributed by atoms with Gasteiger partial charge in [0.15, 0.2) is 0 Å². The smallest absolute Gasteiger partial charge is 0.0635 e. The first-order chi connectivity index (χ1) is 7.26. The van der Waals surface area contributed by atoms with Crippen LogP contribution in [0.3, 0.4) is 0 Å². The molecule has 0 aromatic heterocycles. The van der Waals surface area contributed by atoms with Crippen LogP contribution in [-0.2, 0) is 4.74 Å². The van der Waals surface area contributed by atoms with E-state index < -0.39 is 0 Å². The van der Waals surface area contributed by atoms with Crippen LogP contribution in [0.2, 0.25) is 0 Å². The molecule has 86 valence electrons. The van der Waals surface area contributed by atoms with Gasteiger partial charge in [-0.1, -0.05) is 6.08 Å². The maximum absolute atomic E-state index is 9.14. The zero-order valence-corrected chi connectivity index (χ0v) is 9.36. The molecule has 0 bridgehead atoms. The summed E-state index contributed by atoms with van der Waals surface area (Å²) < 4.78 is 6.02. The first-order valence-corrected chi connectivity index (χ1v) is 5.88. The minimum Gasteiger partial charge on any atom is -0.396 e. The van der Waals surface area contributed by atoms with E-state index in [1.54, 1.807) is 6.08 Å². The lowest BCUT2D eigenvalue weighted by Gasteiger charge is -2.28. The lowest BCUT2D eigenvalue weighted by atomic mass is 10.0. The lowest BCUT2D eigenvalue weighted by Crippen LogP contribution is -2.37. The van der Waals surface area contributed by atoms with E-state index in [9.17, 15) is 0 Å². The van der Waals surface area contributed by atoms with E-state index in [4.69, 9.17) is 9.84 Å². The van der Waals surface area contributed by atoms with Gasteiger partial charge in [0.25, 0.3) is 0 Å². The predicted molar refractivity (Wildman–Crippen MR) is 59.6 cm³/mol. The highest BCUT2D eigenvalue weighted by Gasteiger charge is 2.46. The molecule has 0 amide bonds. The average molecular weight is 211 g/mol. The molecule has 3 nitrogen and oxygen atoms in total. The third kappa shape index (κ3) is 2.41. The summed E-state index contributed by atoms with van der Waals surface area (Å²) in [6, 6.07) is 0.701.